The number of hydrogen-bond acceptors (Lipinski definition) is 5. The number of nitrogens with zero attached hydrogens (tertiary/aromatic N) is 2. The molecule has 2 rings (SSSR count). The number of carbonyl (C=O) groups is 2. The minimum atomic E-state index is -3.10. The van der Waals surface area contributed by atoms with E-state index >= 15 is 0 Å². The van der Waals surface area contributed by atoms with E-state index in [0.29, 0.717) is 24.2 Å². The monoisotopic (exact) mass is 349 g/mol. The molecule has 0 spiro atoms. The Morgan fingerprint density at radius 3 is 2.67 bits per heavy atom. The third-order valence-electron chi connectivity index (χ3n) is 3.94. The van der Waals surface area contributed by atoms with E-state index in [0.717, 1.165) is 0 Å². The molecule has 8 heteroatoms. The number of hydrogen-bond donors (Lipinski definition) is 1. The minimum absolute atomic E-state index is 0.0501. The average molecular weight is 349 g/mol. The Labute approximate surface area is 141 Å². The Morgan fingerprint density at radius 1 is 1.38 bits per heavy atom. The molecule has 1 N–H and O–H groups in total. The molecule has 1 aliphatic heterocycles. The molecule has 1 aromatic carbocycles. The van der Waals surface area contributed by atoms with Crippen molar-refractivity contribution in [1.29, 1.82) is 5.26 Å². The Hall–Kier alpha value is -2.40. The number of nitriles is 1. The standard InChI is InChI=1S/C16H19N3O4S/c1-2-19(13-7-8-24(22,23)11-13)16(21)9-15(20)18-14-6-4-3-5-12(14)10-17/h3-6,13H,2,7-9,11H2,1H3,(H,18,20). The van der Waals surface area contributed by atoms with Gasteiger partial charge < -0.3 is 10.2 Å². The summed E-state index contributed by atoms with van der Waals surface area (Å²) in [5.41, 5.74) is 0.664. The predicted molar refractivity (Wildman–Crippen MR) is 88.8 cm³/mol. The van der Waals surface area contributed by atoms with Gasteiger partial charge in [-0.3, -0.25) is 9.59 Å². The minimum Gasteiger partial charge on any atom is -0.338 e. The van der Waals surface area contributed by atoms with E-state index in [9.17, 15) is 18.0 Å². The lowest BCUT2D eigenvalue weighted by molar-refractivity contribution is -0.135. The number of carbonyl (C=O) groups excluding carboxylic acids is 2. The molecule has 1 unspecified atom stereocenters. The van der Waals surface area contributed by atoms with Crippen LogP contribution < -0.4 is 5.32 Å². The lowest BCUT2D eigenvalue weighted by atomic mass is 10.2. The van der Waals surface area contributed by atoms with Crippen LogP contribution in [0.15, 0.2) is 24.3 Å². The van der Waals surface area contributed by atoms with Crippen LogP contribution in [-0.4, -0.2) is 49.2 Å². The average Bonchev–Trinajstić information content (AvgIpc) is 2.88. The molecule has 1 aliphatic rings. The second kappa shape index (κ2) is 7.45. The van der Waals surface area contributed by atoms with Gasteiger partial charge in [-0.1, -0.05) is 12.1 Å². The zero-order valence-electron chi connectivity index (χ0n) is 13.4. The van der Waals surface area contributed by atoms with Crippen LogP contribution in [-0.2, 0) is 19.4 Å². The van der Waals surface area contributed by atoms with Crippen molar-refractivity contribution >= 4 is 27.3 Å². The van der Waals surface area contributed by atoms with E-state index in [4.69, 9.17) is 5.26 Å². The summed E-state index contributed by atoms with van der Waals surface area (Å²) in [6.45, 7) is 2.10. The van der Waals surface area contributed by atoms with Crippen molar-refractivity contribution in [3.63, 3.8) is 0 Å². The van der Waals surface area contributed by atoms with E-state index in [2.05, 4.69) is 5.32 Å². The van der Waals surface area contributed by atoms with Crippen LogP contribution in [0.2, 0.25) is 0 Å². The van der Waals surface area contributed by atoms with E-state index in [1.807, 2.05) is 6.07 Å². The number of nitrogens with one attached hydrogen (secondary N) is 1. The van der Waals surface area contributed by atoms with Gasteiger partial charge in [-0.15, -0.1) is 0 Å². The molecule has 1 aromatic rings. The topological polar surface area (TPSA) is 107 Å². The van der Waals surface area contributed by atoms with Crippen LogP contribution in [0.5, 0.6) is 0 Å². The van der Waals surface area contributed by atoms with Gasteiger partial charge in [0.25, 0.3) is 0 Å². The molecular formula is C16H19N3O4S. The Bertz CT molecular complexity index is 783. The highest BCUT2D eigenvalue weighted by atomic mass is 32.2. The Morgan fingerprint density at radius 2 is 2.08 bits per heavy atom. The summed E-state index contributed by atoms with van der Waals surface area (Å²) in [4.78, 5) is 25.8. The number of rotatable bonds is 5. The molecule has 0 aromatic heterocycles. The Kier molecular flexibility index (Phi) is 5.57. The zero-order valence-corrected chi connectivity index (χ0v) is 14.2. The van der Waals surface area contributed by atoms with E-state index in [1.54, 1.807) is 31.2 Å². The van der Waals surface area contributed by atoms with Gasteiger partial charge in [0.05, 0.1) is 22.8 Å². The van der Waals surface area contributed by atoms with Gasteiger partial charge in [-0.25, -0.2) is 8.42 Å². The van der Waals surface area contributed by atoms with Crippen molar-refractivity contribution in [2.24, 2.45) is 0 Å². The maximum atomic E-state index is 12.3. The first-order chi connectivity index (χ1) is 11.4. The van der Waals surface area contributed by atoms with Crippen LogP contribution in [0.25, 0.3) is 0 Å². The maximum absolute atomic E-state index is 12.3. The fraction of sp³-hybridized carbons (Fsp3) is 0.438. The summed E-state index contributed by atoms with van der Waals surface area (Å²) in [5.74, 6) is -0.914. The molecule has 2 amide bonds. The first-order valence-electron chi connectivity index (χ1n) is 7.65. The molecule has 24 heavy (non-hydrogen) atoms. The lowest BCUT2D eigenvalue weighted by Gasteiger charge is -2.26. The summed E-state index contributed by atoms with van der Waals surface area (Å²) in [5, 5.41) is 11.5. The number of benzene rings is 1. The van der Waals surface area contributed by atoms with Crippen molar-refractivity contribution in [3.8, 4) is 6.07 Å². The smallest absolute Gasteiger partial charge is 0.233 e. The van der Waals surface area contributed by atoms with Crippen molar-refractivity contribution in [2.75, 3.05) is 23.4 Å². The van der Waals surface area contributed by atoms with Gasteiger partial charge in [-0.05, 0) is 25.5 Å². The molecule has 0 saturated carbocycles. The molecule has 128 valence electrons. The van der Waals surface area contributed by atoms with Crippen molar-refractivity contribution in [1.82, 2.24) is 4.90 Å². The molecular weight excluding hydrogens is 330 g/mol. The summed E-state index contributed by atoms with van der Waals surface area (Å²) in [7, 11) is -3.10. The second-order valence-electron chi connectivity index (χ2n) is 5.62. The summed E-state index contributed by atoms with van der Waals surface area (Å²) < 4.78 is 23.1. The van der Waals surface area contributed by atoms with Crippen LogP contribution in [0.4, 0.5) is 5.69 Å². The molecule has 7 nitrogen and oxygen atoms in total. The van der Waals surface area contributed by atoms with Crippen molar-refractivity contribution in [3.05, 3.63) is 29.8 Å². The summed E-state index contributed by atoms with van der Waals surface area (Å²) >= 11 is 0. The van der Waals surface area contributed by atoms with Gasteiger partial charge >= 0.3 is 0 Å². The van der Waals surface area contributed by atoms with E-state index in [1.165, 1.54) is 4.90 Å². The number of sulfone groups is 1. The number of anilines is 1. The highest BCUT2D eigenvalue weighted by Crippen LogP contribution is 2.19. The van der Waals surface area contributed by atoms with Gasteiger partial charge in [0.1, 0.15) is 12.5 Å². The van der Waals surface area contributed by atoms with Crippen LogP contribution in [0, 0.1) is 11.3 Å². The summed E-state index contributed by atoms with van der Waals surface area (Å²) in [6, 6.07) is 8.11. The molecule has 0 bridgehead atoms. The van der Waals surface area contributed by atoms with Crippen LogP contribution in [0.3, 0.4) is 0 Å². The molecule has 1 heterocycles. The molecule has 1 saturated heterocycles. The van der Waals surface area contributed by atoms with E-state index in [-0.39, 0.29) is 24.0 Å². The fourth-order valence-corrected chi connectivity index (χ4v) is 4.51. The quantitative estimate of drug-likeness (QED) is 0.796. The highest BCUT2D eigenvalue weighted by molar-refractivity contribution is 7.91. The number of para-hydroxylation sites is 1. The molecule has 0 radical (unpaired) electrons. The largest absolute Gasteiger partial charge is 0.338 e. The normalized spacial score (nSPS) is 18.6. The summed E-state index contributed by atoms with van der Waals surface area (Å²) in [6.07, 6.45) is 0.0188. The SMILES string of the molecule is CCN(C(=O)CC(=O)Nc1ccccc1C#N)C1CCS(=O)(=O)C1. The van der Waals surface area contributed by atoms with Crippen LogP contribution in [0.1, 0.15) is 25.3 Å². The lowest BCUT2D eigenvalue weighted by Crippen LogP contribution is -2.42. The number of amides is 2. The maximum Gasteiger partial charge on any atom is 0.233 e. The third kappa shape index (κ3) is 4.32. The first kappa shape index (κ1) is 17.9. The Balaban J connectivity index is 2.00. The molecule has 1 atom stereocenters. The van der Waals surface area contributed by atoms with Gasteiger partial charge in [0, 0.05) is 12.6 Å². The van der Waals surface area contributed by atoms with Gasteiger partial charge in [0.2, 0.25) is 11.8 Å². The first-order valence-corrected chi connectivity index (χ1v) is 9.47. The van der Waals surface area contributed by atoms with E-state index < -0.39 is 21.7 Å². The van der Waals surface area contributed by atoms with Gasteiger partial charge in [0.15, 0.2) is 9.84 Å². The van der Waals surface area contributed by atoms with Crippen molar-refractivity contribution < 1.29 is 18.0 Å². The molecule has 1 fully saturated rings. The highest BCUT2D eigenvalue weighted by Gasteiger charge is 2.34. The van der Waals surface area contributed by atoms with Crippen molar-refractivity contribution in [2.45, 2.75) is 25.8 Å². The van der Waals surface area contributed by atoms with Crippen LogP contribution >= 0.6 is 0 Å². The predicted octanol–water partition coefficient (Wildman–Crippen LogP) is 0.922. The van der Waals surface area contributed by atoms with Gasteiger partial charge in [-0.2, -0.15) is 5.26 Å². The fourth-order valence-electron chi connectivity index (χ4n) is 2.78. The second-order valence-corrected chi connectivity index (χ2v) is 7.85. The third-order valence-corrected chi connectivity index (χ3v) is 5.69. The molecule has 0 aliphatic carbocycles. The zero-order chi connectivity index (χ0) is 17.7.